The molecule has 1 unspecified atom stereocenters. The van der Waals surface area contributed by atoms with Crippen molar-refractivity contribution < 1.29 is 4.79 Å². The van der Waals surface area contributed by atoms with Gasteiger partial charge in [0.2, 0.25) is 5.91 Å². The van der Waals surface area contributed by atoms with Crippen molar-refractivity contribution in [3.05, 3.63) is 68.8 Å². The van der Waals surface area contributed by atoms with Crippen LogP contribution in [0.2, 0.25) is 0 Å². The number of amides is 1. The maximum absolute atomic E-state index is 12.7. The van der Waals surface area contributed by atoms with E-state index in [1.54, 1.807) is 28.3 Å². The molecule has 1 amide bonds. The third-order valence-electron chi connectivity index (χ3n) is 4.78. The minimum absolute atomic E-state index is 0.0342. The number of aromatic nitrogens is 4. The van der Waals surface area contributed by atoms with Gasteiger partial charge in [0.05, 0.1) is 13.0 Å². The van der Waals surface area contributed by atoms with Crippen LogP contribution >= 0.6 is 11.3 Å². The van der Waals surface area contributed by atoms with Gasteiger partial charge in [-0.25, -0.2) is 9.48 Å². The Labute approximate surface area is 160 Å². The highest BCUT2D eigenvalue weighted by molar-refractivity contribution is 7.08. The van der Waals surface area contributed by atoms with Gasteiger partial charge in [-0.3, -0.25) is 14.3 Å². The monoisotopic (exact) mass is 383 g/mol. The predicted molar refractivity (Wildman–Crippen MR) is 103 cm³/mol. The fraction of sp³-hybridized carbons (Fsp3) is 0.368. The zero-order valence-electron chi connectivity index (χ0n) is 14.9. The summed E-state index contributed by atoms with van der Waals surface area (Å²) in [6.07, 6.45) is 6.07. The van der Waals surface area contributed by atoms with Gasteiger partial charge in [-0.1, -0.05) is 6.07 Å². The van der Waals surface area contributed by atoms with Gasteiger partial charge in [0.1, 0.15) is 5.82 Å². The van der Waals surface area contributed by atoms with Crippen LogP contribution in [0.3, 0.4) is 0 Å². The molecule has 4 rings (SSSR count). The van der Waals surface area contributed by atoms with Crippen LogP contribution in [0, 0.1) is 0 Å². The molecule has 7 nitrogen and oxygen atoms in total. The van der Waals surface area contributed by atoms with Crippen molar-refractivity contribution in [3.63, 3.8) is 0 Å². The fourth-order valence-corrected chi connectivity index (χ4v) is 4.07. The molecule has 0 radical (unpaired) electrons. The van der Waals surface area contributed by atoms with Crippen LogP contribution in [0.1, 0.15) is 29.8 Å². The second-order valence-electron chi connectivity index (χ2n) is 6.77. The summed E-state index contributed by atoms with van der Waals surface area (Å²) < 4.78 is 3.24. The standard InChI is InChI=1S/C19H21N5O2S/c25-18(10-14-6-9-27-13-14)21-16-3-4-17-22-24(19(26)23(17)8-5-16)12-15-2-1-7-20-11-15/h1-2,6-7,9,11,13,16H,3-5,8,10,12H2,(H,21,25). The van der Waals surface area contributed by atoms with E-state index in [2.05, 4.69) is 15.4 Å². The summed E-state index contributed by atoms with van der Waals surface area (Å²) in [5, 5.41) is 11.6. The molecule has 0 fully saturated rings. The van der Waals surface area contributed by atoms with Crippen LogP contribution < -0.4 is 11.0 Å². The molecule has 1 N–H and O–H groups in total. The van der Waals surface area contributed by atoms with Crippen molar-refractivity contribution in [2.24, 2.45) is 0 Å². The quantitative estimate of drug-likeness (QED) is 0.726. The van der Waals surface area contributed by atoms with Crippen LogP contribution in [-0.4, -0.2) is 31.3 Å². The molecule has 0 spiro atoms. The summed E-state index contributed by atoms with van der Waals surface area (Å²) in [4.78, 5) is 29.0. The first-order valence-corrected chi connectivity index (χ1v) is 9.99. The van der Waals surface area contributed by atoms with Gasteiger partial charge in [-0.2, -0.15) is 16.4 Å². The molecule has 0 saturated heterocycles. The largest absolute Gasteiger partial charge is 0.353 e. The molecule has 3 aromatic heterocycles. The van der Waals surface area contributed by atoms with E-state index in [-0.39, 0.29) is 17.6 Å². The minimum Gasteiger partial charge on any atom is -0.353 e. The number of thiophene rings is 1. The first-order valence-electron chi connectivity index (χ1n) is 9.05. The number of pyridine rings is 1. The van der Waals surface area contributed by atoms with Crippen molar-refractivity contribution in [2.45, 2.75) is 44.8 Å². The fourth-order valence-electron chi connectivity index (χ4n) is 3.40. The van der Waals surface area contributed by atoms with Gasteiger partial charge < -0.3 is 5.32 Å². The number of aryl methyl sites for hydroxylation is 1. The van der Waals surface area contributed by atoms with Crippen LogP contribution in [-0.2, 0) is 30.7 Å². The number of fused-ring (bicyclic) bond motifs is 1. The maximum atomic E-state index is 12.7. The summed E-state index contributed by atoms with van der Waals surface area (Å²) >= 11 is 1.59. The van der Waals surface area contributed by atoms with Crippen molar-refractivity contribution in [1.29, 1.82) is 0 Å². The third kappa shape index (κ3) is 4.16. The van der Waals surface area contributed by atoms with Gasteiger partial charge in [0, 0.05) is 31.4 Å². The normalized spacial score (nSPS) is 16.5. The molecule has 4 heterocycles. The van der Waals surface area contributed by atoms with Crippen molar-refractivity contribution >= 4 is 17.2 Å². The van der Waals surface area contributed by atoms with E-state index in [4.69, 9.17) is 0 Å². The Bertz CT molecular complexity index is 962. The highest BCUT2D eigenvalue weighted by atomic mass is 32.1. The van der Waals surface area contributed by atoms with Crippen molar-refractivity contribution in [1.82, 2.24) is 24.6 Å². The second-order valence-corrected chi connectivity index (χ2v) is 7.55. The summed E-state index contributed by atoms with van der Waals surface area (Å²) in [6, 6.07) is 5.83. The van der Waals surface area contributed by atoms with Gasteiger partial charge in [-0.15, -0.1) is 0 Å². The Hall–Kier alpha value is -2.74. The van der Waals surface area contributed by atoms with Crippen LogP contribution in [0.4, 0.5) is 0 Å². The van der Waals surface area contributed by atoms with E-state index < -0.39 is 0 Å². The van der Waals surface area contributed by atoms with Crippen molar-refractivity contribution in [2.75, 3.05) is 0 Å². The Balaban J connectivity index is 1.39. The third-order valence-corrected chi connectivity index (χ3v) is 5.51. The number of rotatable bonds is 5. The van der Waals surface area contributed by atoms with E-state index >= 15 is 0 Å². The average Bonchev–Trinajstić information content (AvgIpc) is 3.21. The lowest BCUT2D eigenvalue weighted by Gasteiger charge is -2.15. The van der Waals surface area contributed by atoms with Crippen LogP contribution in [0.25, 0.3) is 0 Å². The van der Waals surface area contributed by atoms with E-state index in [1.807, 2.05) is 29.0 Å². The molecule has 140 valence electrons. The molecule has 0 bridgehead atoms. The second kappa shape index (κ2) is 7.87. The Morgan fingerprint density at radius 2 is 2.22 bits per heavy atom. The molecule has 8 heteroatoms. The molecule has 1 atom stereocenters. The summed E-state index contributed by atoms with van der Waals surface area (Å²) in [7, 11) is 0. The lowest BCUT2D eigenvalue weighted by Crippen LogP contribution is -2.36. The van der Waals surface area contributed by atoms with Gasteiger partial charge in [-0.05, 0) is 46.9 Å². The molecule has 1 aliphatic rings. The SMILES string of the molecule is O=C(Cc1ccsc1)NC1CCc2nn(Cc3cccnc3)c(=O)n2CC1. The highest BCUT2D eigenvalue weighted by Gasteiger charge is 2.22. The molecular formula is C19H21N5O2S. The smallest absolute Gasteiger partial charge is 0.346 e. The van der Waals surface area contributed by atoms with E-state index in [0.29, 0.717) is 25.9 Å². The predicted octanol–water partition coefficient (Wildman–Crippen LogP) is 1.61. The number of hydrogen-bond donors (Lipinski definition) is 1. The zero-order valence-corrected chi connectivity index (χ0v) is 15.7. The number of hydrogen-bond acceptors (Lipinski definition) is 5. The molecular weight excluding hydrogens is 362 g/mol. The van der Waals surface area contributed by atoms with E-state index in [9.17, 15) is 9.59 Å². The number of nitrogens with one attached hydrogen (secondary N) is 1. The first-order chi connectivity index (χ1) is 13.2. The molecule has 1 aliphatic heterocycles. The number of nitrogens with zero attached hydrogens (tertiary/aromatic N) is 4. The number of carbonyl (C=O) groups excluding carboxylic acids is 1. The Morgan fingerprint density at radius 3 is 3.00 bits per heavy atom. The molecule has 27 heavy (non-hydrogen) atoms. The molecule has 0 saturated carbocycles. The van der Waals surface area contributed by atoms with E-state index in [0.717, 1.165) is 29.8 Å². The number of carbonyl (C=O) groups is 1. The summed E-state index contributed by atoms with van der Waals surface area (Å²) in [5.74, 6) is 0.824. The Kier molecular flexibility index (Phi) is 5.15. The Morgan fingerprint density at radius 1 is 1.30 bits per heavy atom. The summed E-state index contributed by atoms with van der Waals surface area (Å²) in [6.45, 7) is 0.998. The minimum atomic E-state index is -0.0981. The lowest BCUT2D eigenvalue weighted by atomic mass is 10.1. The highest BCUT2D eigenvalue weighted by Crippen LogP contribution is 2.13. The first kappa shape index (κ1) is 17.7. The maximum Gasteiger partial charge on any atom is 0.346 e. The molecule has 0 aromatic carbocycles. The summed E-state index contributed by atoms with van der Waals surface area (Å²) in [5.41, 5.74) is 1.89. The zero-order chi connectivity index (χ0) is 18.6. The van der Waals surface area contributed by atoms with Gasteiger partial charge in [0.15, 0.2) is 0 Å². The van der Waals surface area contributed by atoms with Crippen LogP contribution in [0.5, 0.6) is 0 Å². The molecule has 3 aromatic rings. The average molecular weight is 383 g/mol. The van der Waals surface area contributed by atoms with E-state index in [1.165, 1.54) is 4.68 Å². The van der Waals surface area contributed by atoms with Gasteiger partial charge >= 0.3 is 5.69 Å². The van der Waals surface area contributed by atoms with Gasteiger partial charge in [0.25, 0.3) is 0 Å². The topological polar surface area (TPSA) is 81.8 Å². The lowest BCUT2D eigenvalue weighted by molar-refractivity contribution is -0.121. The molecule has 0 aliphatic carbocycles. The van der Waals surface area contributed by atoms with Crippen LogP contribution in [0.15, 0.2) is 46.1 Å². The van der Waals surface area contributed by atoms with Crippen molar-refractivity contribution in [3.8, 4) is 0 Å².